The summed E-state index contributed by atoms with van der Waals surface area (Å²) >= 11 is 1.60. The molecule has 122 valence electrons. The summed E-state index contributed by atoms with van der Waals surface area (Å²) in [5, 5.41) is 10.5. The topological polar surface area (TPSA) is 29.5 Å². The Morgan fingerprint density at radius 3 is 2.22 bits per heavy atom. The van der Waals surface area contributed by atoms with Crippen LogP contribution in [-0.2, 0) is 11.3 Å². The van der Waals surface area contributed by atoms with E-state index in [9.17, 15) is 5.11 Å². The molecule has 0 unspecified atom stereocenters. The van der Waals surface area contributed by atoms with E-state index in [1.54, 1.807) is 11.8 Å². The van der Waals surface area contributed by atoms with E-state index in [0.717, 1.165) is 15.4 Å². The van der Waals surface area contributed by atoms with Crippen molar-refractivity contribution in [3.05, 3.63) is 77.7 Å². The number of hydrogen-bond acceptors (Lipinski definition) is 3. The minimum absolute atomic E-state index is 0.0500. The molecule has 0 radical (unpaired) electrons. The van der Waals surface area contributed by atoms with E-state index in [1.165, 1.54) is 0 Å². The van der Waals surface area contributed by atoms with E-state index in [0.29, 0.717) is 6.61 Å². The molecule has 0 bridgehead atoms. The molecule has 2 nitrogen and oxygen atoms in total. The smallest absolute Gasteiger partial charge is 0.0869 e. The SMILES string of the molecule is C=C(Sc1ccccc1)[C@@H](C)[C@@H](O)[C@@H](C)OCc1ccccc1. The highest BCUT2D eigenvalue weighted by Gasteiger charge is 2.24. The van der Waals surface area contributed by atoms with Crippen molar-refractivity contribution in [1.82, 2.24) is 0 Å². The predicted octanol–water partition coefficient (Wildman–Crippen LogP) is 4.89. The second-order valence-electron chi connectivity index (χ2n) is 5.66. The van der Waals surface area contributed by atoms with E-state index in [1.807, 2.05) is 74.5 Å². The van der Waals surface area contributed by atoms with Crippen LogP contribution < -0.4 is 0 Å². The van der Waals surface area contributed by atoms with E-state index >= 15 is 0 Å². The summed E-state index contributed by atoms with van der Waals surface area (Å²) in [4.78, 5) is 2.08. The Hall–Kier alpha value is -1.55. The standard InChI is InChI=1S/C20H24O2S/c1-15(17(3)23-19-12-8-5-9-13-19)20(21)16(2)22-14-18-10-6-4-7-11-18/h4-13,15-16,20-21H,3,14H2,1-2H3/t15-,16-,20-/m1/s1. The molecule has 3 atom stereocenters. The van der Waals surface area contributed by atoms with Gasteiger partial charge in [-0.25, -0.2) is 0 Å². The Kier molecular flexibility index (Phi) is 6.90. The predicted molar refractivity (Wildman–Crippen MR) is 97.3 cm³/mol. The minimum atomic E-state index is -0.581. The zero-order chi connectivity index (χ0) is 16.7. The highest BCUT2D eigenvalue weighted by Crippen LogP contribution is 2.32. The molecule has 0 aliphatic rings. The number of aliphatic hydroxyl groups excluding tert-OH is 1. The summed E-state index contributed by atoms with van der Waals surface area (Å²) < 4.78 is 5.81. The van der Waals surface area contributed by atoms with Gasteiger partial charge in [0.2, 0.25) is 0 Å². The maximum Gasteiger partial charge on any atom is 0.0869 e. The Morgan fingerprint density at radius 1 is 1.04 bits per heavy atom. The third-order valence-electron chi connectivity index (χ3n) is 3.85. The quantitative estimate of drug-likeness (QED) is 0.699. The first-order valence-electron chi connectivity index (χ1n) is 7.83. The van der Waals surface area contributed by atoms with Gasteiger partial charge in [-0.3, -0.25) is 0 Å². The Labute approximate surface area is 143 Å². The highest BCUT2D eigenvalue weighted by molar-refractivity contribution is 8.03. The molecule has 0 heterocycles. The van der Waals surface area contributed by atoms with E-state index < -0.39 is 6.10 Å². The van der Waals surface area contributed by atoms with Crippen LogP contribution in [0.15, 0.2) is 77.0 Å². The Bertz CT molecular complexity index is 598. The molecule has 2 aromatic carbocycles. The third kappa shape index (κ3) is 5.54. The first kappa shape index (κ1) is 17.8. The molecule has 2 aromatic rings. The van der Waals surface area contributed by atoms with Gasteiger partial charge in [0.1, 0.15) is 0 Å². The lowest BCUT2D eigenvalue weighted by Crippen LogP contribution is -2.32. The molecular weight excluding hydrogens is 304 g/mol. The zero-order valence-corrected chi connectivity index (χ0v) is 14.5. The summed E-state index contributed by atoms with van der Waals surface area (Å²) in [6, 6.07) is 20.1. The average Bonchev–Trinajstić information content (AvgIpc) is 2.60. The van der Waals surface area contributed by atoms with E-state index in [2.05, 4.69) is 6.58 Å². The number of rotatable bonds is 8. The molecule has 0 aromatic heterocycles. The molecule has 1 N–H and O–H groups in total. The van der Waals surface area contributed by atoms with Gasteiger partial charge in [0, 0.05) is 10.8 Å². The van der Waals surface area contributed by atoms with E-state index in [4.69, 9.17) is 4.74 Å². The minimum Gasteiger partial charge on any atom is -0.390 e. The fourth-order valence-corrected chi connectivity index (χ4v) is 3.15. The van der Waals surface area contributed by atoms with Crippen LogP contribution in [0.25, 0.3) is 0 Å². The Balaban J connectivity index is 1.85. The van der Waals surface area contributed by atoms with Crippen LogP contribution in [0.3, 0.4) is 0 Å². The maximum absolute atomic E-state index is 10.5. The van der Waals surface area contributed by atoms with Gasteiger partial charge in [-0.15, -0.1) is 0 Å². The van der Waals surface area contributed by atoms with Gasteiger partial charge in [-0.1, -0.05) is 73.8 Å². The lowest BCUT2D eigenvalue weighted by Gasteiger charge is -2.26. The highest BCUT2D eigenvalue weighted by atomic mass is 32.2. The summed E-state index contributed by atoms with van der Waals surface area (Å²) in [7, 11) is 0. The number of ether oxygens (including phenoxy) is 1. The molecule has 3 heteroatoms. The first-order valence-corrected chi connectivity index (χ1v) is 8.65. The van der Waals surface area contributed by atoms with Crippen molar-refractivity contribution in [2.75, 3.05) is 0 Å². The van der Waals surface area contributed by atoms with Crippen molar-refractivity contribution in [3.63, 3.8) is 0 Å². The van der Waals surface area contributed by atoms with Gasteiger partial charge in [-0.2, -0.15) is 0 Å². The van der Waals surface area contributed by atoms with Crippen LogP contribution in [0.1, 0.15) is 19.4 Å². The second kappa shape index (κ2) is 8.92. The van der Waals surface area contributed by atoms with Gasteiger partial charge in [0.05, 0.1) is 18.8 Å². The van der Waals surface area contributed by atoms with Gasteiger partial charge < -0.3 is 9.84 Å². The lowest BCUT2D eigenvalue weighted by atomic mass is 10.0. The first-order chi connectivity index (χ1) is 11.1. The van der Waals surface area contributed by atoms with Crippen LogP contribution in [-0.4, -0.2) is 17.3 Å². The summed E-state index contributed by atoms with van der Waals surface area (Å²) in [6.07, 6.45) is -0.833. The van der Waals surface area contributed by atoms with E-state index in [-0.39, 0.29) is 12.0 Å². The Morgan fingerprint density at radius 2 is 1.61 bits per heavy atom. The molecule has 0 spiro atoms. The summed E-state index contributed by atoms with van der Waals surface area (Å²) in [5.74, 6) is -0.0500. The average molecular weight is 328 g/mol. The summed E-state index contributed by atoms with van der Waals surface area (Å²) in [6.45, 7) is 8.52. The second-order valence-corrected chi connectivity index (χ2v) is 6.86. The normalized spacial score (nSPS) is 14.9. The molecule has 23 heavy (non-hydrogen) atoms. The number of benzene rings is 2. The van der Waals surface area contributed by atoms with Gasteiger partial charge in [0.25, 0.3) is 0 Å². The third-order valence-corrected chi connectivity index (χ3v) is 4.99. The largest absolute Gasteiger partial charge is 0.390 e. The van der Waals surface area contributed by atoms with Crippen LogP contribution in [0.5, 0.6) is 0 Å². The molecular formula is C20H24O2S. The van der Waals surface area contributed by atoms with Crippen LogP contribution >= 0.6 is 11.8 Å². The molecule has 0 aliphatic heterocycles. The van der Waals surface area contributed by atoms with Crippen LogP contribution in [0, 0.1) is 5.92 Å². The van der Waals surface area contributed by atoms with Gasteiger partial charge in [-0.05, 0) is 29.5 Å². The molecule has 2 rings (SSSR count). The number of thioether (sulfide) groups is 1. The maximum atomic E-state index is 10.5. The number of aliphatic hydroxyl groups is 1. The monoisotopic (exact) mass is 328 g/mol. The lowest BCUT2D eigenvalue weighted by molar-refractivity contribution is -0.0492. The molecule has 0 fully saturated rings. The molecule has 0 saturated carbocycles. The van der Waals surface area contributed by atoms with Crippen molar-refractivity contribution in [2.45, 2.75) is 37.6 Å². The van der Waals surface area contributed by atoms with Crippen molar-refractivity contribution >= 4 is 11.8 Å². The fraction of sp³-hybridized carbons (Fsp3) is 0.300. The van der Waals surface area contributed by atoms with Gasteiger partial charge >= 0.3 is 0 Å². The number of hydrogen-bond donors (Lipinski definition) is 1. The van der Waals surface area contributed by atoms with Crippen molar-refractivity contribution in [1.29, 1.82) is 0 Å². The molecule has 0 aliphatic carbocycles. The summed E-state index contributed by atoms with van der Waals surface area (Å²) in [5.41, 5.74) is 1.11. The van der Waals surface area contributed by atoms with Crippen molar-refractivity contribution in [3.8, 4) is 0 Å². The molecule has 0 saturated heterocycles. The van der Waals surface area contributed by atoms with Gasteiger partial charge in [0.15, 0.2) is 0 Å². The van der Waals surface area contributed by atoms with Crippen LogP contribution in [0.2, 0.25) is 0 Å². The van der Waals surface area contributed by atoms with Crippen molar-refractivity contribution in [2.24, 2.45) is 5.92 Å². The van der Waals surface area contributed by atoms with Crippen LogP contribution in [0.4, 0.5) is 0 Å². The molecule has 0 amide bonds. The fourth-order valence-electron chi connectivity index (χ4n) is 2.23. The zero-order valence-electron chi connectivity index (χ0n) is 13.7. The van der Waals surface area contributed by atoms with Crippen molar-refractivity contribution < 1.29 is 9.84 Å².